The molecule has 0 aliphatic rings. The maximum absolute atomic E-state index is 11.7. The van der Waals surface area contributed by atoms with Crippen molar-refractivity contribution in [3.63, 3.8) is 0 Å². The molecule has 1 heterocycles. The first-order valence-corrected chi connectivity index (χ1v) is 10.2. The molecule has 0 amide bonds. The Morgan fingerprint density at radius 2 is 1.93 bits per heavy atom. The zero-order valence-corrected chi connectivity index (χ0v) is 17.7. The first-order chi connectivity index (χ1) is 14.5. The van der Waals surface area contributed by atoms with Gasteiger partial charge in [0.1, 0.15) is 23.8 Å². The third kappa shape index (κ3) is 5.10. The van der Waals surface area contributed by atoms with Crippen molar-refractivity contribution >= 4 is 16.9 Å². The molecule has 0 atom stereocenters. The molecular formula is C23H28N2O5. The molecule has 2 aromatic carbocycles. The predicted octanol–water partition coefficient (Wildman–Crippen LogP) is 4.52. The first kappa shape index (κ1) is 21.6. The molecule has 0 spiro atoms. The molecule has 0 fully saturated rings. The highest BCUT2D eigenvalue weighted by molar-refractivity contribution is 5.89. The molecule has 7 heteroatoms. The lowest BCUT2D eigenvalue weighted by molar-refractivity contribution is 0.0526. The summed E-state index contributed by atoms with van der Waals surface area (Å²) in [6.07, 6.45) is 2.21. The molecule has 0 bridgehead atoms. The van der Waals surface area contributed by atoms with Crippen LogP contribution in [0.4, 0.5) is 0 Å². The van der Waals surface area contributed by atoms with Crippen molar-refractivity contribution in [1.82, 2.24) is 10.1 Å². The first-order valence-electron chi connectivity index (χ1n) is 10.2. The van der Waals surface area contributed by atoms with Crippen LogP contribution in [0.3, 0.4) is 0 Å². The number of nitrogens with zero attached hydrogens (tertiary/aromatic N) is 2. The van der Waals surface area contributed by atoms with Gasteiger partial charge in [-0.05, 0) is 63.3 Å². The Labute approximate surface area is 176 Å². The molecule has 0 unspecified atom stereocenters. The molecule has 30 heavy (non-hydrogen) atoms. The summed E-state index contributed by atoms with van der Waals surface area (Å²) in [5, 5.41) is 15.3. The van der Waals surface area contributed by atoms with Crippen molar-refractivity contribution in [3.05, 3.63) is 53.2 Å². The van der Waals surface area contributed by atoms with E-state index in [0.29, 0.717) is 35.7 Å². The molecule has 3 aromatic rings. The average molecular weight is 412 g/mol. The van der Waals surface area contributed by atoms with Gasteiger partial charge in [-0.3, -0.25) is 0 Å². The molecule has 0 radical (unpaired) electrons. The molecule has 1 aromatic heterocycles. The molecule has 3 rings (SSSR count). The number of aromatic hydroxyl groups is 1. The lowest BCUT2D eigenvalue weighted by Crippen LogP contribution is -2.19. The molecule has 7 nitrogen and oxygen atoms in total. The third-order valence-electron chi connectivity index (χ3n) is 4.86. The van der Waals surface area contributed by atoms with Gasteiger partial charge in [-0.25, -0.2) is 4.79 Å². The van der Waals surface area contributed by atoms with Crippen molar-refractivity contribution in [1.29, 1.82) is 0 Å². The number of phenols is 1. The Balaban J connectivity index is 1.71. The Morgan fingerprint density at radius 1 is 1.17 bits per heavy atom. The third-order valence-corrected chi connectivity index (χ3v) is 4.86. The number of esters is 1. The van der Waals surface area contributed by atoms with Gasteiger partial charge in [0.25, 0.3) is 0 Å². The van der Waals surface area contributed by atoms with E-state index in [4.69, 9.17) is 14.0 Å². The Hall–Kier alpha value is -3.06. The number of fused-ring (bicyclic) bond motifs is 1. The number of aromatic nitrogens is 1. The number of unbranched alkanes of at least 4 members (excludes halogenated alkanes) is 1. The smallest absolute Gasteiger partial charge is 0.338 e. The minimum Gasteiger partial charge on any atom is -0.507 e. The second kappa shape index (κ2) is 10.1. The van der Waals surface area contributed by atoms with E-state index in [1.165, 1.54) is 0 Å². The maximum Gasteiger partial charge on any atom is 0.338 e. The van der Waals surface area contributed by atoms with E-state index < -0.39 is 0 Å². The Morgan fingerprint density at radius 3 is 2.63 bits per heavy atom. The molecule has 160 valence electrons. The fourth-order valence-electron chi connectivity index (χ4n) is 3.19. The number of carbonyl (C=O) groups is 1. The minimum absolute atomic E-state index is 0.198. The molecule has 0 aliphatic heterocycles. The van der Waals surface area contributed by atoms with Gasteiger partial charge in [0, 0.05) is 11.9 Å². The Kier molecular flexibility index (Phi) is 7.30. The predicted molar refractivity (Wildman–Crippen MR) is 114 cm³/mol. The fraction of sp³-hybridized carbons (Fsp3) is 0.391. The van der Waals surface area contributed by atoms with Gasteiger partial charge in [0.05, 0.1) is 17.7 Å². The van der Waals surface area contributed by atoms with Gasteiger partial charge in [-0.2, -0.15) is 0 Å². The highest BCUT2D eigenvalue weighted by Gasteiger charge is 2.17. The number of ether oxygens (including phenoxy) is 2. The van der Waals surface area contributed by atoms with Crippen molar-refractivity contribution in [2.24, 2.45) is 0 Å². The summed E-state index contributed by atoms with van der Waals surface area (Å²) >= 11 is 0. The quantitative estimate of drug-likeness (QED) is 0.490. The minimum atomic E-state index is -0.359. The van der Waals surface area contributed by atoms with Crippen molar-refractivity contribution in [2.75, 3.05) is 20.2 Å². The molecular weight excluding hydrogens is 384 g/mol. The number of rotatable bonds is 10. The number of phenolic OH excluding ortho intramolecular Hbond substituents is 1. The summed E-state index contributed by atoms with van der Waals surface area (Å²) in [7, 11) is 2.02. The molecule has 0 saturated carbocycles. The van der Waals surface area contributed by atoms with Crippen LogP contribution in [0.1, 0.15) is 48.3 Å². The zero-order chi connectivity index (χ0) is 21.5. The second-order valence-electron chi connectivity index (χ2n) is 7.19. The van der Waals surface area contributed by atoms with E-state index >= 15 is 0 Å². The topological polar surface area (TPSA) is 85.0 Å². The van der Waals surface area contributed by atoms with E-state index in [9.17, 15) is 9.90 Å². The van der Waals surface area contributed by atoms with E-state index in [1.807, 2.05) is 7.05 Å². The van der Waals surface area contributed by atoms with Crippen LogP contribution in [0.2, 0.25) is 0 Å². The SMILES string of the molecule is CCCCN(C)Cc1c(O)ccc2c(COc3ccc(C(=O)OCC)cc3)noc12. The summed E-state index contributed by atoms with van der Waals surface area (Å²) < 4.78 is 16.3. The van der Waals surface area contributed by atoms with Gasteiger partial charge in [0.15, 0.2) is 5.58 Å². The fourth-order valence-corrected chi connectivity index (χ4v) is 3.19. The van der Waals surface area contributed by atoms with E-state index in [1.54, 1.807) is 43.3 Å². The second-order valence-corrected chi connectivity index (χ2v) is 7.19. The number of benzene rings is 2. The summed E-state index contributed by atoms with van der Waals surface area (Å²) in [5.74, 6) is 0.448. The van der Waals surface area contributed by atoms with Gasteiger partial charge < -0.3 is 24.0 Å². The highest BCUT2D eigenvalue weighted by atomic mass is 16.5. The van der Waals surface area contributed by atoms with Crippen LogP contribution in [-0.2, 0) is 17.9 Å². The van der Waals surface area contributed by atoms with Crippen LogP contribution >= 0.6 is 0 Å². The zero-order valence-electron chi connectivity index (χ0n) is 17.7. The van der Waals surface area contributed by atoms with Crippen LogP contribution in [0.15, 0.2) is 40.9 Å². The number of carbonyl (C=O) groups excluding carboxylic acids is 1. The Bertz CT molecular complexity index is 981. The lowest BCUT2D eigenvalue weighted by atomic mass is 10.1. The van der Waals surface area contributed by atoms with Crippen LogP contribution in [0, 0.1) is 0 Å². The van der Waals surface area contributed by atoms with Gasteiger partial charge in [-0.1, -0.05) is 18.5 Å². The van der Waals surface area contributed by atoms with Crippen molar-refractivity contribution < 1.29 is 23.9 Å². The van der Waals surface area contributed by atoms with Crippen LogP contribution in [0.25, 0.3) is 11.0 Å². The molecule has 0 saturated heterocycles. The van der Waals surface area contributed by atoms with Crippen LogP contribution in [-0.4, -0.2) is 41.3 Å². The summed E-state index contributed by atoms with van der Waals surface area (Å²) in [6.45, 7) is 5.99. The summed E-state index contributed by atoms with van der Waals surface area (Å²) in [6, 6.07) is 10.2. The van der Waals surface area contributed by atoms with Crippen molar-refractivity contribution in [2.45, 2.75) is 39.8 Å². The summed E-state index contributed by atoms with van der Waals surface area (Å²) in [4.78, 5) is 13.9. The molecule has 0 aliphatic carbocycles. The average Bonchev–Trinajstić information content (AvgIpc) is 3.16. The van der Waals surface area contributed by atoms with Crippen molar-refractivity contribution in [3.8, 4) is 11.5 Å². The molecule has 1 N–H and O–H groups in total. The highest BCUT2D eigenvalue weighted by Crippen LogP contribution is 2.31. The van der Waals surface area contributed by atoms with Crippen LogP contribution < -0.4 is 4.74 Å². The monoisotopic (exact) mass is 412 g/mol. The standard InChI is InChI=1S/C23H28N2O5/c1-4-6-13-25(3)14-19-21(26)12-11-18-20(24-30-22(18)19)15-29-17-9-7-16(8-10-17)23(27)28-5-2/h7-12,26H,4-6,13-15H2,1-3H3. The maximum atomic E-state index is 11.7. The van der Waals surface area contributed by atoms with Gasteiger partial charge in [0.2, 0.25) is 0 Å². The normalized spacial score (nSPS) is 11.2. The summed E-state index contributed by atoms with van der Waals surface area (Å²) in [5.41, 5.74) is 2.43. The van der Waals surface area contributed by atoms with Crippen LogP contribution in [0.5, 0.6) is 11.5 Å². The van der Waals surface area contributed by atoms with E-state index in [2.05, 4.69) is 17.0 Å². The van der Waals surface area contributed by atoms with Gasteiger partial charge in [-0.15, -0.1) is 0 Å². The number of hydrogen-bond donors (Lipinski definition) is 1. The van der Waals surface area contributed by atoms with Gasteiger partial charge >= 0.3 is 5.97 Å². The van der Waals surface area contributed by atoms with E-state index in [0.717, 1.165) is 30.3 Å². The largest absolute Gasteiger partial charge is 0.507 e. The van der Waals surface area contributed by atoms with E-state index in [-0.39, 0.29) is 18.3 Å². The lowest BCUT2D eigenvalue weighted by Gasteiger charge is -2.16. The number of hydrogen-bond acceptors (Lipinski definition) is 7.